The van der Waals surface area contributed by atoms with E-state index in [1.54, 1.807) is 13.0 Å². The highest BCUT2D eigenvalue weighted by Crippen LogP contribution is 2.02. The lowest BCUT2D eigenvalue weighted by atomic mass is 10.0. The fraction of sp³-hybridized carbons (Fsp3) is 0.412. The van der Waals surface area contributed by atoms with E-state index in [0.717, 1.165) is 5.56 Å². The number of carbonyl (C=O) groups excluding carboxylic acids is 2. The Morgan fingerprint density at radius 3 is 2.36 bits per heavy atom. The van der Waals surface area contributed by atoms with Crippen molar-refractivity contribution in [1.82, 2.24) is 10.6 Å². The van der Waals surface area contributed by atoms with Crippen LogP contribution in [0.4, 0.5) is 0 Å². The van der Waals surface area contributed by atoms with Crippen molar-refractivity contribution >= 4 is 17.9 Å². The quantitative estimate of drug-likeness (QED) is 0.664. The SMILES string of the molecule is CC(N)C(=O)N[C@H](CNC(=O)/C=C/c1ccccc1)C(C)C. The number of benzene rings is 1. The summed E-state index contributed by atoms with van der Waals surface area (Å²) in [7, 11) is 0. The lowest BCUT2D eigenvalue weighted by Crippen LogP contribution is -2.50. The minimum Gasteiger partial charge on any atom is -0.350 e. The molecular formula is C17H25N3O2. The molecule has 0 aliphatic heterocycles. The van der Waals surface area contributed by atoms with Crippen molar-refractivity contribution in [2.24, 2.45) is 11.7 Å². The second-order valence-electron chi connectivity index (χ2n) is 5.64. The maximum Gasteiger partial charge on any atom is 0.244 e. The molecule has 5 nitrogen and oxygen atoms in total. The van der Waals surface area contributed by atoms with Crippen molar-refractivity contribution in [3.63, 3.8) is 0 Å². The molecule has 2 atom stereocenters. The third kappa shape index (κ3) is 6.54. The van der Waals surface area contributed by atoms with Gasteiger partial charge >= 0.3 is 0 Å². The molecule has 0 aliphatic rings. The standard InChI is InChI=1S/C17H25N3O2/c1-12(2)15(20-17(22)13(3)18)11-19-16(21)10-9-14-7-5-4-6-8-14/h4-10,12-13,15H,11,18H2,1-3H3,(H,19,21)(H,20,22)/b10-9+/t13?,15-/m1/s1. The normalized spacial score (nSPS) is 13.9. The molecule has 0 radical (unpaired) electrons. The topological polar surface area (TPSA) is 84.2 Å². The monoisotopic (exact) mass is 303 g/mol. The predicted octanol–water partition coefficient (Wildman–Crippen LogP) is 1.30. The molecule has 120 valence electrons. The molecule has 0 saturated heterocycles. The van der Waals surface area contributed by atoms with E-state index < -0.39 is 6.04 Å². The maximum atomic E-state index is 11.8. The molecule has 0 heterocycles. The van der Waals surface area contributed by atoms with Gasteiger partial charge in [-0.25, -0.2) is 0 Å². The molecule has 0 spiro atoms. The van der Waals surface area contributed by atoms with Crippen LogP contribution in [0.5, 0.6) is 0 Å². The van der Waals surface area contributed by atoms with Gasteiger partial charge in [-0.1, -0.05) is 44.2 Å². The van der Waals surface area contributed by atoms with Crippen LogP contribution in [0.3, 0.4) is 0 Å². The first-order valence-electron chi connectivity index (χ1n) is 7.47. The Bertz CT molecular complexity index is 510. The number of rotatable bonds is 7. The Kier molecular flexibility index (Phi) is 7.32. The summed E-state index contributed by atoms with van der Waals surface area (Å²) < 4.78 is 0. The fourth-order valence-electron chi connectivity index (χ4n) is 1.77. The van der Waals surface area contributed by atoms with E-state index >= 15 is 0 Å². The predicted molar refractivity (Wildman–Crippen MR) is 88.9 cm³/mol. The van der Waals surface area contributed by atoms with Crippen LogP contribution in [-0.4, -0.2) is 30.4 Å². The second-order valence-corrected chi connectivity index (χ2v) is 5.64. The highest BCUT2D eigenvalue weighted by molar-refractivity contribution is 5.91. The Morgan fingerprint density at radius 1 is 1.18 bits per heavy atom. The van der Waals surface area contributed by atoms with Crippen molar-refractivity contribution in [3.05, 3.63) is 42.0 Å². The van der Waals surface area contributed by atoms with E-state index in [-0.39, 0.29) is 23.8 Å². The van der Waals surface area contributed by atoms with Gasteiger partial charge in [-0.05, 0) is 24.5 Å². The van der Waals surface area contributed by atoms with Crippen LogP contribution >= 0.6 is 0 Å². The summed E-state index contributed by atoms with van der Waals surface area (Å²) in [5.74, 6) is -0.210. The highest BCUT2D eigenvalue weighted by Gasteiger charge is 2.18. The van der Waals surface area contributed by atoms with Crippen molar-refractivity contribution in [1.29, 1.82) is 0 Å². The van der Waals surface area contributed by atoms with E-state index in [1.165, 1.54) is 6.08 Å². The van der Waals surface area contributed by atoms with Crippen molar-refractivity contribution in [2.75, 3.05) is 6.54 Å². The maximum absolute atomic E-state index is 11.8. The van der Waals surface area contributed by atoms with Crippen LogP contribution < -0.4 is 16.4 Å². The van der Waals surface area contributed by atoms with Crippen LogP contribution in [0, 0.1) is 5.92 Å². The first kappa shape index (κ1) is 17.9. The van der Waals surface area contributed by atoms with Gasteiger partial charge < -0.3 is 16.4 Å². The average Bonchev–Trinajstić information content (AvgIpc) is 2.49. The Hall–Kier alpha value is -2.14. The molecule has 1 aromatic rings. The molecular weight excluding hydrogens is 278 g/mol. The summed E-state index contributed by atoms with van der Waals surface area (Å²) in [6.45, 7) is 5.97. The number of carbonyl (C=O) groups is 2. The van der Waals surface area contributed by atoms with Crippen LogP contribution in [0.25, 0.3) is 6.08 Å². The van der Waals surface area contributed by atoms with Crippen LogP contribution in [-0.2, 0) is 9.59 Å². The molecule has 0 saturated carbocycles. The van der Waals surface area contributed by atoms with Gasteiger partial charge in [0.05, 0.1) is 6.04 Å². The molecule has 1 unspecified atom stereocenters. The zero-order valence-corrected chi connectivity index (χ0v) is 13.4. The van der Waals surface area contributed by atoms with Crippen molar-refractivity contribution in [2.45, 2.75) is 32.9 Å². The van der Waals surface area contributed by atoms with Crippen LogP contribution in [0.1, 0.15) is 26.3 Å². The van der Waals surface area contributed by atoms with Gasteiger partial charge in [0.1, 0.15) is 0 Å². The minimum absolute atomic E-state index is 0.146. The highest BCUT2D eigenvalue weighted by atomic mass is 16.2. The van der Waals surface area contributed by atoms with Gasteiger partial charge in [-0.2, -0.15) is 0 Å². The summed E-state index contributed by atoms with van der Waals surface area (Å²) in [5, 5.41) is 5.64. The van der Waals surface area contributed by atoms with Crippen molar-refractivity contribution < 1.29 is 9.59 Å². The van der Waals surface area contributed by atoms with E-state index in [2.05, 4.69) is 10.6 Å². The summed E-state index contributed by atoms with van der Waals surface area (Å²) in [5.41, 5.74) is 6.50. The number of nitrogens with two attached hydrogens (primary N) is 1. The zero-order valence-electron chi connectivity index (χ0n) is 13.4. The molecule has 1 rings (SSSR count). The Labute approximate surface area is 132 Å². The van der Waals surface area contributed by atoms with E-state index in [1.807, 2.05) is 44.2 Å². The lowest BCUT2D eigenvalue weighted by molar-refractivity contribution is -0.123. The second kappa shape index (κ2) is 9.00. The first-order valence-corrected chi connectivity index (χ1v) is 7.47. The molecule has 2 amide bonds. The third-order valence-corrected chi connectivity index (χ3v) is 3.27. The van der Waals surface area contributed by atoms with Crippen LogP contribution in [0.15, 0.2) is 36.4 Å². The molecule has 22 heavy (non-hydrogen) atoms. The van der Waals surface area contributed by atoms with Gasteiger partial charge in [-0.15, -0.1) is 0 Å². The largest absolute Gasteiger partial charge is 0.350 e. The summed E-state index contributed by atoms with van der Waals surface area (Å²) in [6.07, 6.45) is 3.24. The molecule has 0 aromatic heterocycles. The fourth-order valence-corrected chi connectivity index (χ4v) is 1.77. The first-order chi connectivity index (χ1) is 10.4. The van der Waals surface area contributed by atoms with Crippen LogP contribution in [0.2, 0.25) is 0 Å². The number of amides is 2. The molecule has 5 heteroatoms. The molecule has 0 bridgehead atoms. The van der Waals surface area contributed by atoms with Gasteiger partial charge in [0.2, 0.25) is 11.8 Å². The Balaban J connectivity index is 2.49. The van der Waals surface area contributed by atoms with Gasteiger partial charge in [0.25, 0.3) is 0 Å². The Morgan fingerprint density at radius 2 is 1.82 bits per heavy atom. The number of nitrogens with one attached hydrogen (secondary N) is 2. The summed E-state index contributed by atoms with van der Waals surface area (Å²) in [6, 6.07) is 8.88. The smallest absolute Gasteiger partial charge is 0.244 e. The van der Waals surface area contributed by atoms with Gasteiger partial charge in [0, 0.05) is 18.7 Å². The molecule has 0 aliphatic carbocycles. The zero-order chi connectivity index (χ0) is 16.5. The van der Waals surface area contributed by atoms with Gasteiger partial charge in [-0.3, -0.25) is 9.59 Å². The van der Waals surface area contributed by atoms with Gasteiger partial charge in [0.15, 0.2) is 0 Å². The molecule has 0 fully saturated rings. The lowest BCUT2D eigenvalue weighted by Gasteiger charge is -2.23. The summed E-state index contributed by atoms with van der Waals surface area (Å²) >= 11 is 0. The minimum atomic E-state index is -0.560. The molecule has 1 aromatic carbocycles. The summed E-state index contributed by atoms with van der Waals surface area (Å²) in [4.78, 5) is 23.5. The van der Waals surface area contributed by atoms with E-state index in [9.17, 15) is 9.59 Å². The third-order valence-electron chi connectivity index (χ3n) is 3.27. The van der Waals surface area contributed by atoms with E-state index in [4.69, 9.17) is 5.73 Å². The van der Waals surface area contributed by atoms with Crippen molar-refractivity contribution in [3.8, 4) is 0 Å². The average molecular weight is 303 g/mol. The molecule has 4 N–H and O–H groups in total. The van der Waals surface area contributed by atoms with E-state index in [0.29, 0.717) is 6.54 Å². The number of hydrogen-bond donors (Lipinski definition) is 3. The number of hydrogen-bond acceptors (Lipinski definition) is 3.